The van der Waals surface area contributed by atoms with Crippen molar-refractivity contribution < 1.29 is 35.9 Å². The van der Waals surface area contributed by atoms with Gasteiger partial charge in [-0.2, -0.15) is 0 Å². The van der Waals surface area contributed by atoms with Crippen molar-refractivity contribution in [1.82, 2.24) is 0 Å². The molecule has 5 heteroatoms. The summed E-state index contributed by atoms with van der Waals surface area (Å²) in [7, 11) is 0.120. The molecule has 0 N–H and O–H groups in total. The summed E-state index contributed by atoms with van der Waals surface area (Å²) in [6.45, 7) is 11.6. The zero-order valence-corrected chi connectivity index (χ0v) is 8.69. The van der Waals surface area contributed by atoms with E-state index in [-0.39, 0.29) is 63.6 Å². The van der Waals surface area contributed by atoms with E-state index in [2.05, 4.69) is 19.6 Å². The molecular formula is C4H9CuLi2NSi. The summed E-state index contributed by atoms with van der Waals surface area (Å²) < 4.78 is 0. The van der Waals surface area contributed by atoms with E-state index >= 15 is 0 Å². The van der Waals surface area contributed by atoms with Gasteiger partial charge >= 0.3 is 18.9 Å². The second-order valence-corrected chi connectivity index (χ2v) is 4.50. The van der Waals surface area contributed by atoms with Crippen molar-refractivity contribution in [2.24, 2.45) is 0 Å². The Balaban J connectivity index is -0.00000000990. The molecule has 9 heavy (non-hydrogen) atoms. The van der Waals surface area contributed by atoms with Gasteiger partial charge in [-0.25, -0.2) is 0 Å². The van der Waals surface area contributed by atoms with Gasteiger partial charge in [-0.3, -0.25) is 0 Å². The smallest absolute Gasteiger partial charge is 0.512 e. The van der Waals surface area contributed by atoms with Crippen molar-refractivity contribution >= 4 is 27.7 Å². The molecule has 0 bridgehead atoms. The van der Waals surface area contributed by atoms with Crippen LogP contribution in [0.25, 0.3) is 0 Å². The summed E-state index contributed by atoms with van der Waals surface area (Å²) in [6.07, 6.45) is 0. The molecule has 47 valence electrons. The monoisotopic (exact) mass is 176 g/mol. The number of hydrogen-bond acceptors (Lipinski definition) is 1. The molecule has 0 aliphatic carbocycles. The summed E-state index contributed by atoms with van der Waals surface area (Å²) in [6, 6.07) is 0. The second-order valence-electron chi connectivity index (χ2n) is 1.50. The molecule has 0 aromatic rings. The third-order valence-electron chi connectivity index (χ3n) is 0. The maximum Gasteiger partial charge on any atom is 1.00 e. The molecule has 0 aliphatic rings. The maximum absolute atomic E-state index is 6.25. The standard InChI is InChI=1S/C3H9Si.CN.Cu.2Li/c1-4(2)3;1-2;;;/h1-3H3;;;;/q;-1;;;+1. The van der Waals surface area contributed by atoms with Crippen LogP contribution in [0.15, 0.2) is 0 Å². The van der Waals surface area contributed by atoms with Crippen LogP contribution in [0.1, 0.15) is 0 Å². The largest absolute Gasteiger partial charge is 1.00 e. The van der Waals surface area contributed by atoms with E-state index in [1.807, 2.05) is 0 Å². The molecule has 0 aromatic heterocycles. The van der Waals surface area contributed by atoms with Crippen LogP contribution in [0.2, 0.25) is 19.6 Å². The van der Waals surface area contributed by atoms with Crippen LogP contribution < -0.4 is 18.9 Å². The van der Waals surface area contributed by atoms with Crippen LogP contribution in [0.3, 0.4) is 0 Å². The van der Waals surface area contributed by atoms with Crippen LogP contribution >= 0.6 is 0 Å². The van der Waals surface area contributed by atoms with Crippen LogP contribution in [0, 0.1) is 11.8 Å². The predicted molar refractivity (Wildman–Crippen MR) is 34.1 cm³/mol. The fraction of sp³-hybridized carbons (Fsp3) is 0.750. The summed E-state index contributed by atoms with van der Waals surface area (Å²) in [5.41, 5.74) is 0. The van der Waals surface area contributed by atoms with E-state index in [1.165, 1.54) is 0 Å². The van der Waals surface area contributed by atoms with Crippen LogP contribution in [0.4, 0.5) is 0 Å². The van der Waals surface area contributed by atoms with Gasteiger partial charge < -0.3 is 11.8 Å². The fourth-order valence-electron chi connectivity index (χ4n) is 0. The Kier molecular flexibility index (Phi) is 120. The van der Waals surface area contributed by atoms with Crippen molar-refractivity contribution in [2.45, 2.75) is 19.6 Å². The van der Waals surface area contributed by atoms with Crippen molar-refractivity contribution in [3.8, 4) is 0 Å². The van der Waals surface area contributed by atoms with Crippen molar-refractivity contribution in [3.05, 3.63) is 6.57 Å². The molecule has 0 saturated carbocycles. The van der Waals surface area contributed by atoms with Crippen LogP contribution in [0.5, 0.6) is 0 Å². The normalized spacial score (nSPS) is 4.22. The first-order chi connectivity index (χ1) is 2.73. The molecule has 0 atom stereocenters. The van der Waals surface area contributed by atoms with E-state index in [9.17, 15) is 0 Å². The van der Waals surface area contributed by atoms with E-state index in [0.717, 1.165) is 0 Å². The summed E-state index contributed by atoms with van der Waals surface area (Å²) >= 11 is 0. The number of hydrogen-bond donors (Lipinski definition) is 0. The molecule has 3 radical (unpaired) electrons. The quantitative estimate of drug-likeness (QED) is 0.312. The van der Waals surface area contributed by atoms with E-state index in [1.54, 1.807) is 0 Å². The fourth-order valence-corrected chi connectivity index (χ4v) is 0. The van der Waals surface area contributed by atoms with Gasteiger partial charge in [0.15, 0.2) is 0 Å². The zero-order valence-electron chi connectivity index (χ0n) is 6.75. The van der Waals surface area contributed by atoms with Crippen LogP contribution in [-0.4, -0.2) is 27.7 Å². The van der Waals surface area contributed by atoms with Gasteiger partial charge in [0.05, 0.1) is 0 Å². The molecule has 0 spiro atoms. The topological polar surface area (TPSA) is 23.8 Å². The van der Waals surface area contributed by atoms with Crippen LogP contribution in [-0.2, 0) is 17.1 Å². The van der Waals surface area contributed by atoms with Gasteiger partial charge in [0, 0.05) is 44.7 Å². The minimum Gasteiger partial charge on any atom is -0.512 e. The molecular weight excluding hydrogens is 168 g/mol. The van der Waals surface area contributed by atoms with Crippen molar-refractivity contribution in [1.29, 1.82) is 5.26 Å². The van der Waals surface area contributed by atoms with E-state index in [4.69, 9.17) is 11.8 Å². The Hall–Kier alpha value is 1.42. The van der Waals surface area contributed by atoms with Gasteiger partial charge in [-0.15, -0.1) is 0 Å². The Labute approximate surface area is 94.4 Å². The van der Waals surface area contributed by atoms with Crippen molar-refractivity contribution in [3.63, 3.8) is 0 Å². The Morgan fingerprint density at radius 3 is 1.11 bits per heavy atom. The first kappa shape index (κ1) is 31.5. The van der Waals surface area contributed by atoms with E-state index in [0.29, 0.717) is 0 Å². The molecule has 0 saturated heterocycles. The predicted octanol–water partition coefficient (Wildman–Crippen LogP) is -1.91. The Morgan fingerprint density at radius 2 is 1.11 bits per heavy atom. The minimum atomic E-state index is 0. The van der Waals surface area contributed by atoms with Gasteiger partial charge in [0.25, 0.3) is 0 Å². The number of nitrogens with zero attached hydrogens (tertiary/aromatic N) is 1. The maximum atomic E-state index is 6.25. The number of rotatable bonds is 0. The summed E-state index contributed by atoms with van der Waals surface area (Å²) in [4.78, 5) is 0. The third kappa shape index (κ3) is 257. The molecule has 0 fully saturated rings. The molecule has 0 unspecified atom stereocenters. The summed E-state index contributed by atoms with van der Waals surface area (Å²) in [5, 5.41) is 6.25. The molecule has 0 heterocycles. The van der Waals surface area contributed by atoms with Gasteiger partial charge in [0.1, 0.15) is 0 Å². The average Bonchev–Trinajstić information content (AvgIpc) is 1.41. The third-order valence-corrected chi connectivity index (χ3v) is 0. The summed E-state index contributed by atoms with van der Waals surface area (Å²) in [5.74, 6) is 0. The zero-order chi connectivity index (χ0) is 5.58. The van der Waals surface area contributed by atoms with Gasteiger partial charge in [-0.05, 0) is 0 Å². The minimum absolute atomic E-state index is 0. The first-order valence-corrected chi connectivity index (χ1v) is 4.72. The molecule has 0 aliphatic heterocycles. The Bertz CT molecular complexity index is 40.0. The van der Waals surface area contributed by atoms with Crippen molar-refractivity contribution in [2.75, 3.05) is 0 Å². The molecule has 0 amide bonds. The Morgan fingerprint density at radius 1 is 1.11 bits per heavy atom. The second kappa shape index (κ2) is 34.2. The molecule has 1 nitrogen and oxygen atoms in total. The first-order valence-electron chi connectivity index (χ1n) is 1.72. The van der Waals surface area contributed by atoms with Gasteiger partial charge in [-0.1, -0.05) is 19.6 Å². The molecule has 0 aromatic carbocycles. The van der Waals surface area contributed by atoms with E-state index < -0.39 is 0 Å². The average molecular weight is 177 g/mol. The SMILES string of the molecule is C[Si](C)C.[C-]#N.[Cu].[Li+].[Li]. The van der Waals surface area contributed by atoms with Gasteiger partial charge in [0.2, 0.25) is 0 Å². The molecule has 0 rings (SSSR count).